The molecular formula is C26H31N7. The highest BCUT2D eigenvalue weighted by atomic mass is 15.4. The fraction of sp³-hybridized carbons (Fsp3) is 0.346. The summed E-state index contributed by atoms with van der Waals surface area (Å²) in [6.45, 7) is 13.2. The molecule has 3 heterocycles. The van der Waals surface area contributed by atoms with Crippen molar-refractivity contribution in [3.05, 3.63) is 71.7 Å². The highest BCUT2D eigenvalue weighted by molar-refractivity contribution is 5.67. The molecule has 0 fully saturated rings. The largest absolute Gasteiger partial charge is 0.352 e. The highest BCUT2D eigenvalue weighted by Crippen LogP contribution is 2.25. The average Bonchev–Trinajstić information content (AvgIpc) is 3.21. The van der Waals surface area contributed by atoms with Crippen LogP contribution in [0.2, 0.25) is 0 Å². The zero-order chi connectivity index (χ0) is 23.6. The molecule has 33 heavy (non-hydrogen) atoms. The average molecular weight is 442 g/mol. The lowest BCUT2D eigenvalue weighted by Gasteiger charge is -2.18. The number of hydrogen-bond donors (Lipinski definition) is 1. The van der Waals surface area contributed by atoms with Crippen LogP contribution in [-0.4, -0.2) is 36.0 Å². The summed E-state index contributed by atoms with van der Waals surface area (Å²) < 4.78 is 1.80. The van der Waals surface area contributed by atoms with Crippen LogP contribution in [0.3, 0.4) is 0 Å². The molecule has 0 aliphatic heterocycles. The first-order chi connectivity index (χ1) is 15.7. The van der Waals surface area contributed by atoms with E-state index in [4.69, 9.17) is 15.0 Å². The number of pyridine rings is 1. The number of benzene rings is 1. The Kier molecular flexibility index (Phi) is 6.22. The quantitative estimate of drug-likeness (QED) is 0.439. The van der Waals surface area contributed by atoms with Crippen molar-refractivity contribution in [1.82, 2.24) is 29.9 Å². The number of rotatable bonds is 6. The van der Waals surface area contributed by atoms with Gasteiger partial charge in [-0.05, 0) is 45.0 Å². The molecule has 0 saturated heterocycles. The number of nitrogens with zero attached hydrogens (tertiary/aromatic N) is 6. The number of anilines is 1. The van der Waals surface area contributed by atoms with E-state index in [9.17, 15) is 0 Å². The molecule has 7 nitrogen and oxygen atoms in total. The van der Waals surface area contributed by atoms with Gasteiger partial charge >= 0.3 is 0 Å². The van der Waals surface area contributed by atoms with Crippen molar-refractivity contribution in [2.75, 3.05) is 5.32 Å². The van der Waals surface area contributed by atoms with Gasteiger partial charge in [0, 0.05) is 22.7 Å². The lowest BCUT2D eigenvalue weighted by Crippen LogP contribution is -2.15. The molecule has 1 N–H and O–H groups in total. The predicted octanol–water partition coefficient (Wildman–Crippen LogP) is 5.27. The Hall–Kier alpha value is -3.61. The Morgan fingerprint density at radius 3 is 2.39 bits per heavy atom. The Labute approximate surface area is 195 Å². The van der Waals surface area contributed by atoms with Gasteiger partial charge in [-0.1, -0.05) is 55.8 Å². The molecule has 0 saturated carbocycles. The maximum Gasteiger partial charge on any atom is 0.224 e. The van der Waals surface area contributed by atoms with Crippen molar-refractivity contribution in [3.63, 3.8) is 0 Å². The number of nitrogens with one attached hydrogen (secondary N) is 1. The molecule has 1 aromatic carbocycles. The van der Waals surface area contributed by atoms with Crippen molar-refractivity contribution in [1.29, 1.82) is 0 Å². The summed E-state index contributed by atoms with van der Waals surface area (Å²) in [5.41, 5.74) is 6.50. The summed E-state index contributed by atoms with van der Waals surface area (Å²) in [6, 6.07) is 16.6. The van der Waals surface area contributed by atoms with Crippen LogP contribution in [-0.2, 0) is 12.0 Å². The zero-order valence-corrected chi connectivity index (χ0v) is 20.2. The maximum absolute atomic E-state index is 4.81. The summed E-state index contributed by atoms with van der Waals surface area (Å²) in [5.74, 6) is 0.577. The third kappa shape index (κ3) is 5.61. The van der Waals surface area contributed by atoms with Crippen molar-refractivity contribution in [3.8, 4) is 22.6 Å². The molecular weight excluding hydrogens is 410 g/mol. The van der Waals surface area contributed by atoms with Gasteiger partial charge in [0.25, 0.3) is 0 Å². The summed E-state index contributed by atoms with van der Waals surface area (Å²) in [7, 11) is 0. The van der Waals surface area contributed by atoms with Crippen molar-refractivity contribution in [2.24, 2.45) is 0 Å². The van der Waals surface area contributed by atoms with E-state index in [1.165, 1.54) is 5.56 Å². The van der Waals surface area contributed by atoms with Crippen LogP contribution in [0.4, 0.5) is 5.95 Å². The minimum Gasteiger partial charge on any atom is -0.352 e. The fourth-order valence-corrected chi connectivity index (χ4v) is 3.50. The van der Waals surface area contributed by atoms with Gasteiger partial charge in [0.15, 0.2) is 0 Å². The molecule has 0 spiro atoms. The predicted molar refractivity (Wildman–Crippen MR) is 132 cm³/mol. The minimum atomic E-state index is -0.00347. The van der Waals surface area contributed by atoms with Crippen molar-refractivity contribution in [2.45, 2.75) is 59.5 Å². The third-order valence-corrected chi connectivity index (χ3v) is 5.16. The summed E-state index contributed by atoms with van der Waals surface area (Å²) >= 11 is 0. The number of hydrogen-bond acceptors (Lipinski definition) is 6. The SMILES string of the molecule is Cc1cccc(-c2cc(-c3cn(Cc4cccc(C(C)(C)C)n4)nn3)nc(NC(C)C)n2)c1. The van der Waals surface area contributed by atoms with E-state index in [0.29, 0.717) is 18.2 Å². The van der Waals surface area contributed by atoms with E-state index in [0.717, 1.165) is 28.3 Å². The van der Waals surface area contributed by atoms with Gasteiger partial charge in [0.1, 0.15) is 5.69 Å². The normalized spacial score (nSPS) is 11.7. The topological polar surface area (TPSA) is 81.4 Å². The Balaban J connectivity index is 1.66. The van der Waals surface area contributed by atoms with Crippen LogP contribution >= 0.6 is 0 Å². The third-order valence-electron chi connectivity index (χ3n) is 5.16. The van der Waals surface area contributed by atoms with Crippen LogP contribution in [0.1, 0.15) is 51.6 Å². The molecule has 4 aromatic rings. The first-order valence-corrected chi connectivity index (χ1v) is 11.3. The highest BCUT2D eigenvalue weighted by Gasteiger charge is 2.16. The monoisotopic (exact) mass is 441 g/mol. The Bertz CT molecular complexity index is 1250. The van der Waals surface area contributed by atoms with E-state index in [1.54, 1.807) is 4.68 Å². The van der Waals surface area contributed by atoms with Crippen LogP contribution in [0.15, 0.2) is 54.7 Å². The standard InChI is InChI=1S/C26H31N7/c1-17(2)27-25-29-21(19-10-7-9-18(3)13-19)14-22(30-25)23-16-33(32-31-23)15-20-11-8-12-24(28-20)26(4,5)6/h7-14,16-17H,15H2,1-6H3,(H,27,29,30). The molecule has 0 amide bonds. The molecule has 3 aromatic heterocycles. The molecule has 0 bridgehead atoms. The van der Waals surface area contributed by atoms with E-state index in [-0.39, 0.29) is 11.5 Å². The second-order valence-corrected chi connectivity index (χ2v) is 9.70. The van der Waals surface area contributed by atoms with Crippen LogP contribution in [0.5, 0.6) is 0 Å². The molecule has 0 aliphatic rings. The smallest absolute Gasteiger partial charge is 0.224 e. The fourth-order valence-electron chi connectivity index (χ4n) is 3.50. The summed E-state index contributed by atoms with van der Waals surface area (Å²) in [4.78, 5) is 14.2. The van der Waals surface area contributed by atoms with Gasteiger partial charge in [0.2, 0.25) is 5.95 Å². The number of aromatic nitrogens is 6. The van der Waals surface area contributed by atoms with Crippen LogP contribution in [0.25, 0.3) is 22.6 Å². The first-order valence-electron chi connectivity index (χ1n) is 11.3. The molecule has 170 valence electrons. The second kappa shape index (κ2) is 9.10. The first kappa shape index (κ1) is 22.6. The van der Waals surface area contributed by atoms with Crippen LogP contribution in [0, 0.1) is 6.92 Å². The van der Waals surface area contributed by atoms with E-state index in [1.807, 2.05) is 30.5 Å². The van der Waals surface area contributed by atoms with Crippen molar-refractivity contribution >= 4 is 5.95 Å². The lowest BCUT2D eigenvalue weighted by atomic mass is 9.91. The summed E-state index contributed by atoms with van der Waals surface area (Å²) in [5, 5.41) is 12.0. The van der Waals surface area contributed by atoms with Gasteiger partial charge in [-0.15, -0.1) is 5.10 Å². The molecule has 7 heteroatoms. The Morgan fingerprint density at radius 1 is 0.909 bits per heavy atom. The molecule has 0 radical (unpaired) electrons. The van der Waals surface area contributed by atoms with Gasteiger partial charge in [-0.3, -0.25) is 4.98 Å². The van der Waals surface area contributed by atoms with E-state index < -0.39 is 0 Å². The van der Waals surface area contributed by atoms with Gasteiger partial charge in [-0.2, -0.15) is 0 Å². The van der Waals surface area contributed by atoms with Gasteiger partial charge < -0.3 is 5.32 Å². The molecule has 4 rings (SSSR count). The van der Waals surface area contributed by atoms with Gasteiger partial charge in [-0.25, -0.2) is 14.6 Å². The van der Waals surface area contributed by atoms with E-state index >= 15 is 0 Å². The lowest BCUT2D eigenvalue weighted by molar-refractivity contribution is 0.559. The summed E-state index contributed by atoms with van der Waals surface area (Å²) in [6.07, 6.45) is 1.91. The van der Waals surface area contributed by atoms with Crippen LogP contribution < -0.4 is 5.32 Å². The molecule has 0 unspecified atom stereocenters. The van der Waals surface area contributed by atoms with Crippen molar-refractivity contribution < 1.29 is 0 Å². The maximum atomic E-state index is 4.81. The van der Waals surface area contributed by atoms with E-state index in [2.05, 4.69) is 81.4 Å². The number of aryl methyl sites for hydroxylation is 1. The Morgan fingerprint density at radius 2 is 1.67 bits per heavy atom. The second-order valence-electron chi connectivity index (χ2n) is 9.70. The zero-order valence-electron chi connectivity index (χ0n) is 20.2. The molecule has 0 atom stereocenters. The van der Waals surface area contributed by atoms with Gasteiger partial charge in [0.05, 0.1) is 29.8 Å². The minimum absolute atomic E-state index is 0.00347. The molecule has 0 aliphatic carbocycles.